The first-order valence-corrected chi connectivity index (χ1v) is 7.09. The summed E-state index contributed by atoms with van der Waals surface area (Å²) in [6.07, 6.45) is 5.74. The second kappa shape index (κ2) is 6.04. The summed E-state index contributed by atoms with van der Waals surface area (Å²) < 4.78 is 1.91. The van der Waals surface area contributed by atoms with Crippen molar-refractivity contribution in [3.8, 4) is 0 Å². The van der Waals surface area contributed by atoms with E-state index in [4.69, 9.17) is 11.6 Å². The summed E-state index contributed by atoms with van der Waals surface area (Å²) in [5, 5.41) is 10.8. The van der Waals surface area contributed by atoms with Gasteiger partial charge in [-0.05, 0) is 25.8 Å². The van der Waals surface area contributed by atoms with Crippen molar-refractivity contribution in [2.24, 2.45) is 7.05 Å². The van der Waals surface area contributed by atoms with Crippen molar-refractivity contribution in [1.29, 1.82) is 0 Å². The van der Waals surface area contributed by atoms with Crippen molar-refractivity contribution < 1.29 is 5.11 Å². The van der Waals surface area contributed by atoms with Gasteiger partial charge in [0, 0.05) is 13.1 Å². The maximum absolute atomic E-state index is 10.1. The fourth-order valence-corrected chi connectivity index (χ4v) is 2.82. The van der Waals surface area contributed by atoms with Crippen LogP contribution in [-0.2, 0) is 13.6 Å². The van der Waals surface area contributed by atoms with E-state index in [9.17, 15) is 5.11 Å². The standard InChI is InChI=1S/C13H22ClN3O/c1-3-11(18)10-6-4-5-7-17(10)9-13-15-8-12(14)16(13)2/h8,10-11,18H,3-7,9H2,1-2H3. The van der Waals surface area contributed by atoms with E-state index in [1.807, 2.05) is 18.5 Å². The first kappa shape index (κ1) is 13.8. The average molecular weight is 272 g/mol. The van der Waals surface area contributed by atoms with Crippen LogP contribution in [-0.4, -0.2) is 38.2 Å². The predicted octanol–water partition coefficient (Wildman–Crippen LogP) is 2.20. The molecule has 0 aliphatic carbocycles. The number of likely N-dealkylation sites (tertiary alicyclic amines) is 1. The van der Waals surface area contributed by atoms with E-state index in [2.05, 4.69) is 9.88 Å². The molecule has 0 spiro atoms. The van der Waals surface area contributed by atoms with E-state index in [0.717, 1.165) is 31.8 Å². The second-order valence-electron chi connectivity index (χ2n) is 5.07. The van der Waals surface area contributed by atoms with Gasteiger partial charge in [-0.25, -0.2) is 4.98 Å². The number of hydrogen-bond donors (Lipinski definition) is 1. The molecule has 1 N–H and O–H groups in total. The number of rotatable bonds is 4. The minimum atomic E-state index is -0.235. The molecule has 2 unspecified atom stereocenters. The van der Waals surface area contributed by atoms with Crippen LogP contribution < -0.4 is 0 Å². The lowest BCUT2D eigenvalue weighted by Gasteiger charge is -2.38. The van der Waals surface area contributed by atoms with Crippen LogP contribution >= 0.6 is 11.6 Å². The average Bonchev–Trinajstić information content (AvgIpc) is 2.70. The molecule has 0 saturated carbocycles. The summed E-state index contributed by atoms with van der Waals surface area (Å²) in [6.45, 7) is 3.84. The Bertz CT molecular complexity index is 394. The van der Waals surface area contributed by atoms with Gasteiger partial charge in [0.05, 0.1) is 18.8 Å². The van der Waals surface area contributed by atoms with E-state index < -0.39 is 0 Å². The van der Waals surface area contributed by atoms with Crippen molar-refractivity contribution in [3.05, 3.63) is 17.2 Å². The molecule has 1 aromatic rings. The van der Waals surface area contributed by atoms with Crippen molar-refractivity contribution in [2.75, 3.05) is 6.54 Å². The number of piperidine rings is 1. The first-order valence-electron chi connectivity index (χ1n) is 6.71. The van der Waals surface area contributed by atoms with Gasteiger partial charge in [0.2, 0.25) is 0 Å². The van der Waals surface area contributed by atoms with Gasteiger partial charge < -0.3 is 9.67 Å². The number of aromatic nitrogens is 2. The van der Waals surface area contributed by atoms with Crippen LogP contribution in [0.2, 0.25) is 5.15 Å². The zero-order valence-electron chi connectivity index (χ0n) is 11.1. The van der Waals surface area contributed by atoms with E-state index in [1.165, 1.54) is 12.8 Å². The molecule has 1 aromatic heterocycles. The zero-order valence-corrected chi connectivity index (χ0v) is 11.9. The summed E-state index contributed by atoms with van der Waals surface area (Å²) in [7, 11) is 1.93. The third-order valence-electron chi connectivity index (χ3n) is 3.90. The molecule has 2 rings (SSSR count). The van der Waals surface area contributed by atoms with Crippen LogP contribution in [0.1, 0.15) is 38.4 Å². The van der Waals surface area contributed by atoms with Gasteiger partial charge in [-0.3, -0.25) is 4.90 Å². The number of aliphatic hydroxyl groups excluding tert-OH is 1. The molecular formula is C13H22ClN3O. The first-order chi connectivity index (χ1) is 8.63. The van der Waals surface area contributed by atoms with Crippen LogP contribution in [0.25, 0.3) is 0 Å². The van der Waals surface area contributed by atoms with Crippen molar-refractivity contribution in [1.82, 2.24) is 14.5 Å². The summed E-state index contributed by atoms with van der Waals surface area (Å²) in [4.78, 5) is 6.68. The summed E-state index contributed by atoms with van der Waals surface area (Å²) in [5.41, 5.74) is 0. The molecule has 1 fully saturated rings. The lowest BCUT2D eigenvalue weighted by Crippen LogP contribution is -2.46. The van der Waals surface area contributed by atoms with Crippen molar-refractivity contribution in [2.45, 2.75) is 51.3 Å². The molecule has 0 aromatic carbocycles. The highest BCUT2D eigenvalue weighted by molar-refractivity contribution is 6.29. The maximum atomic E-state index is 10.1. The molecule has 1 saturated heterocycles. The second-order valence-corrected chi connectivity index (χ2v) is 5.45. The third-order valence-corrected chi connectivity index (χ3v) is 4.25. The van der Waals surface area contributed by atoms with Crippen LogP contribution in [0.4, 0.5) is 0 Å². The smallest absolute Gasteiger partial charge is 0.128 e. The highest BCUT2D eigenvalue weighted by Gasteiger charge is 2.28. The fourth-order valence-electron chi connectivity index (χ4n) is 2.67. The van der Waals surface area contributed by atoms with Crippen LogP contribution in [0, 0.1) is 0 Å². The molecule has 0 radical (unpaired) electrons. The van der Waals surface area contributed by atoms with Crippen LogP contribution in [0.5, 0.6) is 0 Å². The monoisotopic (exact) mass is 271 g/mol. The maximum Gasteiger partial charge on any atom is 0.128 e. The van der Waals surface area contributed by atoms with Crippen LogP contribution in [0.15, 0.2) is 6.20 Å². The normalized spacial score (nSPS) is 23.2. The Morgan fingerprint density at radius 3 is 2.94 bits per heavy atom. The number of imidazole rings is 1. The molecule has 18 heavy (non-hydrogen) atoms. The Morgan fingerprint density at radius 1 is 1.56 bits per heavy atom. The van der Waals surface area contributed by atoms with E-state index >= 15 is 0 Å². The number of nitrogens with zero attached hydrogens (tertiary/aromatic N) is 3. The molecule has 0 amide bonds. The van der Waals surface area contributed by atoms with E-state index in [0.29, 0.717) is 5.15 Å². The lowest BCUT2D eigenvalue weighted by atomic mass is 9.96. The summed E-state index contributed by atoms with van der Waals surface area (Å²) >= 11 is 6.01. The Morgan fingerprint density at radius 2 is 2.33 bits per heavy atom. The van der Waals surface area contributed by atoms with Crippen LogP contribution in [0.3, 0.4) is 0 Å². The Kier molecular flexibility index (Phi) is 4.65. The van der Waals surface area contributed by atoms with Gasteiger partial charge in [0.25, 0.3) is 0 Å². The summed E-state index contributed by atoms with van der Waals surface area (Å²) in [5.74, 6) is 0.968. The van der Waals surface area contributed by atoms with Gasteiger partial charge in [-0.2, -0.15) is 0 Å². The van der Waals surface area contributed by atoms with Gasteiger partial charge in [0.1, 0.15) is 11.0 Å². The molecule has 1 aliphatic heterocycles. The zero-order chi connectivity index (χ0) is 13.1. The lowest BCUT2D eigenvalue weighted by molar-refractivity contribution is 0.0178. The molecule has 1 aliphatic rings. The molecule has 4 nitrogen and oxygen atoms in total. The summed E-state index contributed by atoms with van der Waals surface area (Å²) in [6, 6.07) is 0.263. The molecule has 102 valence electrons. The minimum Gasteiger partial charge on any atom is -0.392 e. The quantitative estimate of drug-likeness (QED) is 0.913. The molecule has 0 bridgehead atoms. The van der Waals surface area contributed by atoms with E-state index in [-0.39, 0.29) is 12.1 Å². The molecule has 2 atom stereocenters. The Hall–Kier alpha value is -0.580. The van der Waals surface area contributed by atoms with Gasteiger partial charge in [0.15, 0.2) is 0 Å². The number of halogens is 1. The number of aliphatic hydroxyl groups is 1. The molecular weight excluding hydrogens is 250 g/mol. The highest BCUT2D eigenvalue weighted by Crippen LogP contribution is 2.23. The minimum absolute atomic E-state index is 0.235. The van der Waals surface area contributed by atoms with Gasteiger partial charge in [-0.15, -0.1) is 0 Å². The van der Waals surface area contributed by atoms with E-state index in [1.54, 1.807) is 6.20 Å². The Labute approximate surface area is 114 Å². The highest BCUT2D eigenvalue weighted by atomic mass is 35.5. The number of hydrogen-bond acceptors (Lipinski definition) is 3. The molecule has 5 heteroatoms. The molecule has 2 heterocycles. The van der Waals surface area contributed by atoms with Crippen molar-refractivity contribution in [3.63, 3.8) is 0 Å². The van der Waals surface area contributed by atoms with Gasteiger partial charge >= 0.3 is 0 Å². The van der Waals surface area contributed by atoms with Crippen molar-refractivity contribution >= 4 is 11.6 Å². The third kappa shape index (κ3) is 2.87. The fraction of sp³-hybridized carbons (Fsp3) is 0.769. The predicted molar refractivity (Wildman–Crippen MR) is 72.6 cm³/mol. The Balaban J connectivity index is 2.08. The van der Waals surface area contributed by atoms with Gasteiger partial charge in [-0.1, -0.05) is 24.9 Å². The topological polar surface area (TPSA) is 41.3 Å². The largest absolute Gasteiger partial charge is 0.392 e. The SMILES string of the molecule is CCC(O)C1CCCCN1Cc1ncc(Cl)n1C.